The van der Waals surface area contributed by atoms with Crippen LogP contribution in [0.25, 0.3) is 0 Å². The lowest BCUT2D eigenvalue weighted by atomic mass is 10.0. The second kappa shape index (κ2) is 9.70. The van der Waals surface area contributed by atoms with Crippen LogP contribution in [0.1, 0.15) is 36.9 Å². The fourth-order valence-corrected chi connectivity index (χ4v) is 3.49. The molecule has 0 saturated carbocycles. The van der Waals surface area contributed by atoms with Gasteiger partial charge in [-0.3, -0.25) is 14.7 Å². The summed E-state index contributed by atoms with van der Waals surface area (Å²) in [5, 5.41) is 3.95. The highest BCUT2D eigenvalue weighted by Crippen LogP contribution is 2.14. The van der Waals surface area contributed by atoms with Gasteiger partial charge in [0, 0.05) is 43.3 Å². The van der Waals surface area contributed by atoms with Crippen molar-refractivity contribution in [1.82, 2.24) is 15.2 Å². The lowest BCUT2D eigenvalue weighted by Crippen LogP contribution is -2.44. The monoisotopic (exact) mass is 371 g/mol. The number of hydrogen-bond donors (Lipinski definition) is 1. The van der Waals surface area contributed by atoms with Crippen molar-refractivity contribution in [3.63, 3.8) is 0 Å². The molecule has 138 valence electrons. The van der Waals surface area contributed by atoms with Crippen LogP contribution in [0.2, 0.25) is 5.02 Å². The molecule has 1 aromatic carbocycles. The molecule has 0 spiro atoms. The van der Waals surface area contributed by atoms with Crippen molar-refractivity contribution in [2.24, 2.45) is 0 Å². The van der Waals surface area contributed by atoms with Crippen LogP contribution in [0.15, 0.2) is 48.7 Å². The molecule has 1 fully saturated rings. The molecule has 5 heteroatoms. The average Bonchev–Trinajstić information content (AvgIpc) is 2.66. The zero-order valence-electron chi connectivity index (χ0n) is 15.0. The maximum Gasteiger partial charge on any atom is 0.220 e. The molecule has 0 atom stereocenters. The molecule has 0 bridgehead atoms. The Morgan fingerprint density at radius 2 is 1.92 bits per heavy atom. The Balaban J connectivity index is 1.32. The van der Waals surface area contributed by atoms with E-state index >= 15 is 0 Å². The number of piperidine rings is 1. The number of likely N-dealkylation sites (tertiary alicyclic amines) is 1. The van der Waals surface area contributed by atoms with Gasteiger partial charge in [0.2, 0.25) is 5.91 Å². The van der Waals surface area contributed by atoms with Crippen molar-refractivity contribution < 1.29 is 4.79 Å². The highest BCUT2D eigenvalue weighted by molar-refractivity contribution is 6.30. The maximum atomic E-state index is 12.2. The van der Waals surface area contributed by atoms with E-state index in [1.54, 1.807) is 0 Å². The Morgan fingerprint density at radius 3 is 2.62 bits per heavy atom. The van der Waals surface area contributed by atoms with Gasteiger partial charge < -0.3 is 5.32 Å². The number of nitrogens with one attached hydrogen (secondary N) is 1. The van der Waals surface area contributed by atoms with E-state index in [2.05, 4.69) is 21.3 Å². The Morgan fingerprint density at radius 1 is 1.15 bits per heavy atom. The van der Waals surface area contributed by atoms with Crippen LogP contribution in [-0.4, -0.2) is 34.9 Å². The summed E-state index contributed by atoms with van der Waals surface area (Å²) in [6.45, 7) is 2.90. The molecule has 3 rings (SSSR count). The zero-order chi connectivity index (χ0) is 18.2. The standard InChI is InChI=1S/C21H26ClN3O/c22-18-9-7-17(8-10-18)4-3-6-21(26)24-19-11-14-25(15-12-19)16-20-5-1-2-13-23-20/h1-2,5,7-10,13,19H,3-4,6,11-12,14-16H2,(H,24,26). The van der Waals surface area contributed by atoms with E-state index in [9.17, 15) is 4.79 Å². The second-order valence-electron chi connectivity index (χ2n) is 6.92. The number of hydrogen-bond acceptors (Lipinski definition) is 3. The number of benzene rings is 1. The first-order chi connectivity index (χ1) is 12.7. The van der Waals surface area contributed by atoms with Gasteiger partial charge in [0.15, 0.2) is 0 Å². The molecule has 2 aromatic rings. The van der Waals surface area contributed by atoms with E-state index in [0.29, 0.717) is 12.5 Å². The van der Waals surface area contributed by atoms with Gasteiger partial charge in [-0.2, -0.15) is 0 Å². The number of rotatable bonds is 7. The van der Waals surface area contributed by atoms with E-state index < -0.39 is 0 Å². The molecule has 1 amide bonds. The highest BCUT2D eigenvalue weighted by atomic mass is 35.5. The molecule has 4 nitrogen and oxygen atoms in total. The Bertz CT molecular complexity index is 682. The summed E-state index contributed by atoms with van der Waals surface area (Å²) in [5.74, 6) is 0.169. The van der Waals surface area contributed by atoms with Crippen molar-refractivity contribution in [3.05, 3.63) is 64.9 Å². The number of pyridine rings is 1. The number of halogens is 1. The van der Waals surface area contributed by atoms with E-state index in [1.807, 2.05) is 42.6 Å². The predicted molar refractivity (Wildman–Crippen MR) is 105 cm³/mol. The molecular weight excluding hydrogens is 346 g/mol. The molecule has 1 N–H and O–H groups in total. The van der Waals surface area contributed by atoms with Gasteiger partial charge in [-0.1, -0.05) is 29.8 Å². The maximum absolute atomic E-state index is 12.2. The number of nitrogens with zero attached hydrogens (tertiary/aromatic N) is 2. The van der Waals surface area contributed by atoms with Crippen molar-refractivity contribution in [3.8, 4) is 0 Å². The second-order valence-corrected chi connectivity index (χ2v) is 7.36. The highest BCUT2D eigenvalue weighted by Gasteiger charge is 2.20. The Kier molecular flexibility index (Phi) is 7.04. The van der Waals surface area contributed by atoms with Gasteiger partial charge in [-0.05, 0) is 55.5 Å². The molecule has 0 unspecified atom stereocenters. The molecule has 1 aromatic heterocycles. The quantitative estimate of drug-likeness (QED) is 0.804. The van der Waals surface area contributed by atoms with Gasteiger partial charge in [0.05, 0.1) is 5.69 Å². The average molecular weight is 372 g/mol. The van der Waals surface area contributed by atoms with Crippen LogP contribution < -0.4 is 5.32 Å². The lowest BCUT2D eigenvalue weighted by Gasteiger charge is -2.32. The summed E-state index contributed by atoms with van der Waals surface area (Å²) in [5.41, 5.74) is 2.34. The van der Waals surface area contributed by atoms with Gasteiger partial charge in [-0.15, -0.1) is 0 Å². The third-order valence-electron chi connectivity index (χ3n) is 4.85. The van der Waals surface area contributed by atoms with Crippen LogP contribution in [0.5, 0.6) is 0 Å². The number of carbonyl (C=O) groups excluding carboxylic acids is 1. The first-order valence-electron chi connectivity index (χ1n) is 9.35. The van der Waals surface area contributed by atoms with Crippen LogP contribution in [-0.2, 0) is 17.8 Å². The predicted octanol–water partition coefficient (Wildman–Crippen LogP) is 3.84. The minimum Gasteiger partial charge on any atom is -0.353 e. The van der Waals surface area contributed by atoms with Gasteiger partial charge in [-0.25, -0.2) is 0 Å². The topological polar surface area (TPSA) is 45.2 Å². The number of amides is 1. The first-order valence-corrected chi connectivity index (χ1v) is 9.73. The fourth-order valence-electron chi connectivity index (χ4n) is 3.36. The Hall–Kier alpha value is -1.91. The van der Waals surface area contributed by atoms with Gasteiger partial charge in [0.25, 0.3) is 0 Å². The number of carbonyl (C=O) groups is 1. The molecule has 1 aliphatic rings. The van der Waals surface area contributed by atoms with Crippen molar-refractivity contribution in [2.75, 3.05) is 13.1 Å². The molecule has 2 heterocycles. The van der Waals surface area contributed by atoms with Gasteiger partial charge >= 0.3 is 0 Å². The molecule has 0 aliphatic carbocycles. The van der Waals surface area contributed by atoms with E-state index in [1.165, 1.54) is 5.56 Å². The number of aryl methyl sites for hydroxylation is 1. The largest absolute Gasteiger partial charge is 0.353 e. The molecule has 26 heavy (non-hydrogen) atoms. The summed E-state index contributed by atoms with van der Waals surface area (Å²) in [6, 6.07) is 14.2. The molecular formula is C21H26ClN3O. The summed E-state index contributed by atoms with van der Waals surface area (Å²) in [4.78, 5) is 19.0. The van der Waals surface area contributed by atoms with Crippen LogP contribution in [0, 0.1) is 0 Å². The summed E-state index contributed by atoms with van der Waals surface area (Å²) >= 11 is 5.89. The minimum absolute atomic E-state index is 0.169. The van der Waals surface area contributed by atoms with Gasteiger partial charge in [0.1, 0.15) is 0 Å². The van der Waals surface area contributed by atoms with Crippen molar-refractivity contribution in [1.29, 1.82) is 0 Å². The van der Waals surface area contributed by atoms with Crippen LogP contribution >= 0.6 is 11.6 Å². The minimum atomic E-state index is 0.169. The summed E-state index contributed by atoms with van der Waals surface area (Å²) < 4.78 is 0. The van der Waals surface area contributed by atoms with Crippen LogP contribution in [0.3, 0.4) is 0 Å². The zero-order valence-corrected chi connectivity index (χ0v) is 15.8. The SMILES string of the molecule is O=C(CCCc1ccc(Cl)cc1)NC1CCN(Cc2ccccn2)CC1. The van der Waals surface area contributed by atoms with E-state index in [-0.39, 0.29) is 5.91 Å². The van der Waals surface area contributed by atoms with Crippen LogP contribution in [0.4, 0.5) is 0 Å². The number of aromatic nitrogens is 1. The Labute approximate surface area is 160 Å². The van der Waals surface area contributed by atoms with E-state index in [4.69, 9.17) is 11.6 Å². The lowest BCUT2D eigenvalue weighted by molar-refractivity contribution is -0.122. The fraction of sp³-hybridized carbons (Fsp3) is 0.429. The molecule has 1 aliphatic heterocycles. The molecule has 0 radical (unpaired) electrons. The van der Waals surface area contributed by atoms with Crippen molar-refractivity contribution >= 4 is 17.5 Å². The smallest absolute Gasteiger partial charge is 0.220 e. The summed E-state index contributed by atoms with van der Waals surface area (Å²) in [7, 11) is 0. The molecule has 1 saturated heterocycles. The van der Waals surface area contributed by atoms with E-state index in [0.717, 1.165) is 56.0 Å². The van der Waals surface area contributed by atoms with Crippen molar-refractivity contribution in [2.45, 2.75) is 44.7 Å². The third kappa shape index (κ3) is 6.11. The summed E-state index contributed by atoms with van der Waals surface area (Å²) in [6.07, 6.45) is 6.22. The first kappa shape index (κ1) is 18.9. The normalized spacial score (nSPS) is 15.7. The third-order valence-corrected chi connectivity index (χ3v) is 5.10.